The summed E-state index contributed by atoms with van der Waals surface area (Å²) in [4.78, 5) is 25.8. The summed E-state index contributed by atoms with van der Waals surface area (Å²) in [7, 11) is 0. The number of hydrogen-bond donors (Lipinski definition) is 2. The van der Waals surface area contributed by atoms with Crippen LogP contribution >= 0.6 is 0 Å². The van der Waals surface area contributed by atoms with Crippen molar-refractivity contribution in [3.8, 4) is 0 Å². The number of aliphatic carboxylic acids is 1. The highest BCUT2D eigenvalue weighted by molar-refractivity contribution is 5.76. The van der Waals surface area contributed by atoms with Gasteiger partial charge in [-0.15, -0.1) is 0 Å². The lowest BCUT2D eigenvalue weighted by Crippen LogP contribution is -2.24. The summed E-state index contributed by atoms with van der Waals surface area (Å²) < 4.78 is 0. The normalized spacial score (nSPS) is 10.0. The van der Waals surface area contributed by atoms with Gasteiger partial charge in [0.15, 0.2) is 0 Å². The van der Waals surface area contributed by atoms with Crippen molar-refractivity contribution in [1.82, 2.24) is 10.3 Å². The molecule has 1 amide bonds. The van der Waals surface area contributed by atoms with Crippen molar-refractivity contribution >= 4 is 11.9 Å². The topological polar surface area (TPSA) is 79.3 Å². The molecule has 0 aliphatic heterocycles. The average Bonchev–Trinajstić information content (AvgIpc) is 2.35. The number of nitrogens with zero attached hydrogens (tertiary/aromatic N) is 1. The lowest BCUT2D eigenvalue weighted by atomic mass is 10.2. The summed E-state index contributed by atoms with van der Waals surface area (Å²) in [5.74, 6) is -0.949. The Morgan fingerprint density at radius 3 is 2.72 bits per heavy atom. The molecule has 18 heavy (non-hydrogen) atoms. The van der Waals surface area contributed by atoms with Gasteiger partial charge in [0.25, 0.3) is 0 Å². The summed E-state index contributed by atoms with van der Waals surface area (Å²) in [6, 6.07) is 5.76. The number of rotatable bonds is 8. The molecule has 2 N–H and O–H groups in total. The van der Waals surface area contributed by atoms with Gasteiger partial charge in [-0.2, -0.15) is 0 Å². The number of carbonyl (C=O) groups is 2. The standard InChI is InChI=1S/C13H18N2O3/c16-12(7-3-8-13(17)18)15-10-4-6-11-5-1-2-9-14-11/h1-2,5,9H,3-4,6-8,10H2,(H,15,16)(H,17,18). The molecule has 5 heteroatoms. The Morgan fingerprint density at radius 1 is 1.22 bits per heavy atom. The number of aryl methyl sites for hydroxylation is 1. The summed E-state index contributed by atoms with van der Waals surface area (Å²) in [6.07, 6.45) is 4.12. The molecule has 0 aromatic carbocycles. The Labute approximate surface area is 106 Å². The number of pyridine rings is 1. The van der Waals surface area contributed by atoms with E-state index in [1.807, 2.05) is 18.2 Å². The van der Waals surface area contributed by atoms with E-state index < -0.39 is 5.97 Å². The van der Waals surface area contributed by atoms with Gasteiger partial charge in [0.2, 0.25) is 5.91 Å². The van der Waals surface area contributed by atoms with Crippen LogP contribution in [0.4, 0.5) is 0 Å². The Morgan fingerprint density at radius 2 is 2.06 bits per heavy atom. The van der Waals surface area contributed by atoms with E-state index in [9.17, 15) is 9.59 Å². The highest BCUT2D eigenvalue weighted by atomic mass is 16.4. The van der Waals surface area contributed by atoms with E-state index in [4.69, 9.17) is 5.11 Å². The second-order valence-corrected chi connectivity index (χ2v) is 4.02. The van der Waals surface area contributed by atoms with Gasteiger partial charge >= 0.3 is 5.97 Å². The van der Waals surface area contributed by atoms with Crippen molar-refractivity contribution in [1.29, 1.82) is 0 Å². The molecule has 0 spiro atoms. The quantitative estimate of drug-likeness (QED) is 0.683. The maximum Gasteiger partial charge on any atom is 0.303 e. The lowest BCUT2D eigenvalue weighted by molar-refractivity contribution is -0.137. The third-order valence-electron chi connectivity index (χ3n) is 2.45. The van der Waals surface area contributed by atoms with Crippen LogP contribution in [-0.2, 0) is 16.0 Å². The van der Waals surface area contributed by atoms with Gasteiger partial charge in [0, 0.05) is 31.3 Å². The van der Waals surface area contributed by atoms with Crippen LogP contribution in [0.1, 0.15) is 31.4 Å². The van der Waals surface area contributed by atoms with Crippen LogP contribution in [0.2, 0.25) is 0 Å². The molecule has 0 saturated carbocycles. The molecule has 0 bridgehead atoms. The zero-order valence-electron chi connectivity index (χ0n) is 10.3. The number of carboxylic acids is 1. The number of carboxylic acid groups (broad SMARTS) is 1. The van der Waals surface area contributed by atoms with Gasteiger partial charge in [-0.25, -0.2) is 0 Å². The van der Waals surface area contributed by atoms with Crippen molar-refractivity contribution in [2.24, 2.45) is 0 Å². The molecule has 0 saturated heterocycles. The van der Waals surface area contributed by atoms with E-state index in [-0.39, 0.29) is 18.7 Å². The Bertz CT molecular complexity index is 379. The van der Waals surface area contributed by atoms with E-state index in [0.717, 1.165) is 18.5 Å². The molecule has 98 valence electrons. The minimum absolute atomic E-state index is 0.0430. The highest BCUT2D eigenvalue weighted by Gasteiger charge is 2.03. The Kier molecular flexibility index (Phi) is 6.46. The summed E-state index contributed by atoms with van der Waals surface area (Å²) >= 11 is 0. The first kappa shape index (κ1) is 14.2. The third kappa shape index (κ3) is 6.62. The minimum Gasteiger partial charge on any atom is -0.481 e. The van der Waals surface area contributed by atoms with E-state index in [1.165, 1.54) is 0 Å². The second-order valence-electron chi connectivity index (χ2n) is 4.02. The van der Waals surface area contributed by atoms with Crippen molar-refractivity contribution in [3.63, 3.8) is 0 Å². The molecule has 0 fully saturated rings. The smallest absolute Gasteiger partial charge is 0.303 e. The molecule has 1 aromatic heterocycles. The molecule has 0 aliphatic rings. The van der Waals surface area contributed by atoms with Gasteiger partial charge in [-0.1, -0.05) is 6.07 Å². The van der Waals surface area contributed by atoms with Crippen LogP contribution in [0.15, 0.2) is 24.4 Å². The van der Waals surface area contributed by atoms with Crippen LogP contribution in [0.5, 0.6) is 0 Å². The number of amides is 1. The van der Waals surface area contributed by atoms with Gasteiger partial charge in [0.05, 0.1) is 0 Å². The molecule has 1 rings (SSSR count). The molecule has 1 aromatic rings. The fraction of sp³-hybridized carbons (Fsp3) is 0.462. The number of hydrogen-bond acceptors (Lipinski definition) is 3. The fourth-order valence-electron chi connectivity index (χ4n) is 1.53. The van der Waals surface area contributed by atoms with Crippen LogP contribution in [0.3, 0.4) is 0 Å². The maximum absolute atomic E-state index is 11.3. The minimum atomic E-state index is -0.863. The van der Waals surface area contributed by atoms with E-state index in [0.29, 0.717) is 13.0 Å². The van der Waals surface area contributed by atoms with Crippen LogP contribution in [-0.4, -0.2) is 28.5 Å². The van der Waals surface area contributed by atoms with E-state index in [2.05, 4.69) is 10.3 Å². The van der Waals surface area contributed by atoms with Gasteiger partial charge < -0.3 is 10.4 Å². The number of nitrogens with one attached hydrogen (secondary N) is 1. The molecule has 1 heterocycles. The Balaban J connectivity index is 2.04. The predicted molar refractivity (Wildman–Crippen MR) is 67.1 cm³/mol. The molecular formula is C13H18N2O3. The summed E-state index contributed by atoms with van der Waals surface area (Å²) in [6.45, 7) is 0.600. The molecular weight excluding hydrogens is 232 g/mol. The predicted octanol–water partition coefficient (Wildman–Crippen LogP) is 1.39. The molecule has 5 nitrogen and oxygen atoms in total. The van der Waals surface area contributed by atoms with E-state index >= 15 is 0 Å². The molecule has 0 radical (unpaired) electrons. The zero-order valence-corrected chi connectivity index (χ0v) is 10.3. The first-order valence-corrected chi connectivity index (χ1v) is 6.07. The largest absolute Gasteiger partial charge is 0.481 e. The summed E-state index contributed by atoms with van der Waals surface area (Å²) in [5.41, 5.74) is 1.01. The maximum atomic E-state index is 11.3. The van der Waals surface area contributed by atoms with Crippen molar-refractivity contribution in [2.75, 3.05) is 6.54 Å². The molecule has 0 aliphatic carbocycles. The van der Waals surface area contributed by atoms with Crippen molar-refractivity contribution in [3.05, 3.63) is 30.1 Å². The van der Waals surface area contributed by atoms with Gasteiger partial charge in [-0.3, -0.25) is 14.6 Å². The van der Waals surface area contributed by atoms with Crippen LogP contribution in [0.25, 0.3) is 0 Å². The molecule has 0 unspecified atom stereocenters. The first-order chi connectivity index (χ1) is 8.68. The van der Waals surface area contributed by atoms with E-state index in [1.54, 1.807) is 6.20 Å². The second kappa shape index (κ2) is 8.22. The Hall–Kier alpha value is -1.91. The zero-order chi connectivity index (χ0) is 13.2. The fourth-order valence-corrected chi connectivity index (χ4v) is 1.53. The third-order valence-corrected chi connectivity index (χ3v) is 2.45. The van der Waals surface area contributed by atoms with Crippen LogP contribution < -0.4 is 5.32 Å². The van der Waals surface area contributed by atoms with Gasteiger partial charge in [0.1, 0.15) is 0 Å². The number of carbonyl (C=O) groups excluding carboxylic acids is 1. The van der Waals surface area contributed by atoms with Crippen molar-refractivity contribution in [2.45, 2.75) is 32.1 Å². The molecule has 0 atom stereocenters. The van der Waals surface area contributed by atoms with Crippen LogP contribution in [0, 0.1) is 0 Å². The average molecular weight is 250 g/mol. The van der Waals surface area contributed by atoms with Crippen molar-refractivity contribution < 1.29 is 14.7 Å². The first-order valence-electron chi connectivity index (χ1n) is 6.07. The SMILES string of the molecule is O=C(O)CCCC(=O)NCCCc1ccccn1. The highest BCUT2D eigenvalue weighted by Crippen LogP contribution is 1.98. The monoisotopic (exact) mass is 250 g/mol. The van der Waals surface area contributed by atoms with Gasteiger partial charge in [-0.05, 0) is 31.4 Å². The lowest BCUT2D eigenvalue weighted by Gasteiger charge is -2.04. The number of aromatic nitrogens is 1. The summed E-state index contributed by atoms with van der Waals surface area (Å²) in [5, 5.41) is 11.2.